The molecule has 0 amide bonds. The van der Waals surface area contributed by atoms with E-state index in [1.165, 1.54) is 7.11 Å². The summed E-state index contributed by atoms with van der Waals surface area (Å²) in [5.41, 5.74) is 4.71. The van der Waals surface area contributed by atoms with E-state index >= 15 is 0 Å². The van der Waals surface area contributed by atoms with Crippen LogP contribution >= 0.6 is 23.2 Å². The Bertz CT molecular complexity index is 922. The molecule has 2 aromatic carbocycles. The number of fused-ring (bicyclic) bond motifs is 3. The van der Waals surface area contributed by atoms with Crippen molar-refractivity contribution in [1.82, 2.24) is 0 Å². The lowest BCUT2D eigenvalue weighted by molar-refractivity contribution is 0.0598. The molecule has 0 unspecified atom stereocenters. The predicted octanol–water partition coefficient (Wildman–Crippen LogP) is 5.91. The van der Waals surface area contributed by atoms with Gasteiger partial charge in [-0.3, -0.25) is 0 Å². The summed E-state index contributed by atoms with van der Waals surface area (Å²) in [5.74, 6) is 0.102. The predicted molar refractivity (Wildman–Crippen MR) is 105 cm³/mol. The van der Waals surface area contributed by atoms with Gasteiger partial charge in [0.25, 0.3) is 0 Å². The van der Waals surface area contributed by atoms with Gasteiger partial charge in [-0.05, 0) is 48.1 Å². The number of benzene rings is 2. The SMILES string of the molecule is COC(=O)c1ccc(C)c2c1[C@@H]1C=CC[C@H]1[C@H](c1cccc(Cl)c1Cl)N2. The zero-order chi connectivity index (χ0) is 18.4. The highest BCUT2D eigenvalue weighted by Crippen LogP contribution is 2.53. The third-order valence-corrected chi connectivity index (χ3v) is 6.28. The summed E-state index contributed by atoms with van der Waals surface area (Å²) < 4.78 is 5.01. The lowest BCUT2D eigenvalue weighted by Crippen LogP contribution is -2.31. The molecule has 2 aliphatic rings. The molecule has 0 saturated heterocycles. The number of halogens is 2. The average molecular weight is 388 g/mol. The molecule has 1 aliphatic carbocycles. The maximum atomic E-state index is 12.3. The lowest BCUT2D eigenvalue weighted by Gasteiger charge is -2.39. The van der Waals surface area contributed by atoms with Crippen LogP contribution in [0.25, 0.3) is 0 Å². The van der Waals surface area contributed by atoms with Crippen LogP contribution < -0.4 is 5.32 Å². The molecule has 2 aromatic rings. The molecule has 4 rings (SSSR count). The number of allylic oxidation sites excluding steroid dienone is 2. The number of rotatable bonds is 2. The number of carbonyl (C=O) groups is 1. The van der Waals surface area contributed by atoms with E-state index in [1.54, 1.807) is 6.07 Å². The first-order valence-corrected chi connectivity index (χ1v) is 9.37. The Morgan fingerprint density at radius 1 is 1.23 bits per heavy atom. The van der Waals surface area contributed by atoms with Gasteiger partial charge in [-0.25, -0.2) is 4.79 Å². The normalized spacial score (nSPS) is 23.2. The molecule has 0 bridgehead atoms. The molecular formula is C21H19Cl2NO2. The van der Waals surface area contributed by atoms with Gasteiger partial charge in [0, 0.05) is 11.6 Å². The Morgan fingerprint density at radius 2 is 2.04 bits per heavy atom. The van der Waals surface area contributed by atoms with Gasteiger partial charge in [0.1, 0.15) is 0 Å². The molecule has 26 heavy (non-hydrogen) atoms. The molecule has 0 radical (unpaired) electrons. The number of esters is 1. The zero-order valence-electron chi connectivity index (χ0n) is 14.6. The second-order valence-electron chi connectivity index (χ2n) is 6.83. The van der Waals surface area contributed by atoms with Crippen molar-refractivity contribution in [3.63, 3.8) is 0 Å². The van der Waals surface area contributed by atoms with Gasteiger partial charge in [0.15, 0.2) is 0 Å². The monoisotopic (exact) mass is 387 g/mol. The van der Waals surface area contributed by atoms with Crippen LogP contribution in [0.3, 0.4) is 0 Å². The topological polar surface area (TPSA) is 38.3 Å². The van der Waals surface area contributed by atoms with Crippen molar-refractivity contribution in [1.29, 1.82) is 0 Å². The maximum absolute atomic E-state index is 12.3. The van der Waals surface area contributed by atoms with Crippen molar-refractivity contribution in [2.75, 3.05) is 12.4 Å². The summed E-state index contributed by atoms with van der Waals surface area (Å²) in [6, 6.07) is 9.59. The van der Waals surface area contributed by atoms with Gasteiger partial charge in [-0.1, -0.05) is 53.6 Å². The van der Waals surface area contributed by atoms with Crippen molar-refractivity contribution in [2.24, 2.45) is 5.92 Å². The number of nitrogens with one attached hydrogen (secondary N) is 1. The Labute approximate surface area is 163 Å². The number of aryl methyl sites for hydroxylation is 1. The molecule has 134 valence electrons. The third kappa shape index (κ3) is 2.62. The number of carbonyl (C=O) groups excluding carboxylic acids is 1. The number of ether oxygens (including phenoxy) is 1. The Hall–Kier alpha value is -1.97. The van der Waals surface area contributed by atoms with E-state index in [2.05, 4.69) is 17.5 Å². The van der Waals surface area contributed by atoms with Gasteiger partial charge in [-0.15, -0.1) is 0 Å². The summed E-state index contributed by atoms with van der Waals surface area (Å²) in [5, 5.41) is 4.79. The minimum Gasteiger partial charge on any atom is -0.465 e. The second kappa shape index (κ2) is 6.64. The van der Waals surface area contributed by atoms with E-state index in [0.29, 0.717) is 15.6 Å². The fourth-order valence-electron chi connectivity index (χ4n) is 4.21. The van der Waals surface area contributed by atoms with Crippen LogP contribution in [0.1, 0.15) is 45.4 Å². The summed E-state index contributed by atoms with van der Waals surface area (Å²) in [4.78, 5) is 12.3. The largest absolute Gasteiger partial charge is 0.465 e. The van der Waals surface area contributed by atoms with E-state index in [4.69, 9.17) is 27.9 Å². The minimum absolute atomic E-state index is 0.0281. The van der Waals surface area contributed by atoms with Crippen molar-refractivity contribution < 1.29 is 9.53 Å². The van der Waals surface area contributed by atoms with Crippen LogP contribution in [0.5, 0.6) is 0 Å². The summed E-state index contributed by atoms with van der Waals surface area (Å²) in [7, 11) is 1.42. The van der Waals surface area contributed by atoms with E-state index in [9.17, 15) is 4.79 Å². The first-order chi connectivity index (χ1) is 12.5. The lowest BCUT2D eigenvalue weighted by atomic mass is 9.74. The fourth-order valence-corrected chi connectivity index (χ4v) is 4.64. The number of methoxy groups -OCH3 is 1. The van der Waals surface area contributed by atoms with Crippen LogP contribution in [-0.2, 0) is 4.74 Å². The van der Waals surface area contributed by atoms with E-state index < -0.39 is 0 Å². The van der Waals surface area contributed by atoms with Gasteiger partial charge < -0.3 is 10.1 Å². The quantitative estimate of drug-likeness (QED) is 0.513. The molecule has 0 fully saturated rings. The van der Waals surface area contributed by atoms with Gasteiger partial charge in [0.05, 0.1) is 28.8 Å². The average Bonchev–Trinajstić information content (AvgIpc) is 3.13. The van der Waals surface area contributed by atoms with Gasteiger partial charge in [0.2, 0.25) is 0 Å². The van der Waals surface area contributed by atoms with Gasteiger partial charge in [-0.2, -0.15) is 0 Å². The maximum Gasteiger partial charge on any atom is 0.338 e. The van der Waals surface area contributed by atoms with Crippen LogP contribution in [0.2, 0.25) is 10.0 Å². The molecule has 1 heterocycles. The fraction of sp³-hybridized carbons (Fsp3) is 0.286. The Balaban J connectivity index is 1.89. The minimum atomic E-state index is -0.304. The molecule has 1 N–H and O–H groups in total. The smallest absolute Gasteiger partial charge is 0.338 e. The third-order valence-electron chi connectivity index (χ3n) is 5.45. The first kappa shape index (κ1) is 17.4. The summed E-state index contributed by atoms with van der Waals surface area (Å²) in [6.07, 6.45) is 5.29. The van der Waals surface area contributed by atoms with Crippen molar-refractivity contribution in [2.45, 2.75) is 25.3 Å². The van der Waals surface area contributed by atoms with E-state index in [0.717, 1.165) is 28.8 Å². The molecule has 3 nitrogen and oxygen atoms in total. The van der Waals surface area contributed by atoms with E-state index in [1.807, 2.05) is 31.2 Å². The number of anilines is 1. The number of hydrogen-bond donors (Lipinski definition) is 1. The molecule has 3 atom stereocenters. The second-order valence-corrected chi connectivity index (χ2v) is 7.61. The van der Waals surface area contributed by atoms with Crippen LogP contribution in [-0.4, -0.2) is 13.1 Å². The van der Waals surface area contributed by atoms with Crippen molar-refractivity contribution in [3.8, 4) is 0 Å². The van der Waals surface area contributed by atoms with Gasteiger partial charge >= 0.3 is 5.97 Å². The Kier molecular flexibility index (Phi) is 4.45. The zero-order valence-corrected chi connectivity index (χ0v) is 16.1. The van der Waals surface area contributed by atoms with Crippen LogP contribution in [0, 0.1) is 12.8 Å². The molecule has 0 saturated carbocycles. The van der Waals surface area contributed by atoms with Crippen LogP contribution in [0.15, 0.2) is 42.5 Å². The van der Waals surface area contributed by atoms with E-state index in [-0.39, 0.29) is 23.8 Å². The standard InChI is InChI=1S/C21H19Cl2NO2/c1-11-9-10-14(21(25)26-2)17-12-5-3-6-13(12)20(24-19(11)17)15-7-4-8-16(22)18(15)23/h3-5,7-10,12-13,20,24H,6H2,1-2H3/t12-,13-,20-/m1/s1. The highest BCUT2D eigenvalue weighted by Gasteiger charge is 2.41. The first-order valence-electron chi connectivity index (χ1n) is 8.62. The molecule has 0 spiro atoms. The van der Waals surface area contributed by atoms with Crippen molar-refractivity contribution in [3.05, 3.63) is 74.8 Å². The Morgan fingerprint density at radius 3 is 2.81 bits per heavy atom. The van der Waals surface area contributed by atoms with Crippen LogP contribution in [0.4, 0.5) is 5.69 Å². The summed E-state index contributed by atoms with van der Waals surface area (Å²) in [6.45, 7) is 2.04. The highest BCUT2D eigenvalue weighted by atomic mass is 35.5. The molecule has 5 heteroatoms. The number of hydrogen-bond acceptors (Lipinski definition) is 3. The summed E-state index contributed by atoms with van der Waals surface area (Å²) >= 11 is 12.8. The molecular weight excluding hydrogens is 369 g/mol. The molecule has 0 aromatic heterocycles. The van der Waals surface area contributed by atoms with Crippen molar-refractivity contribution >= 4 is 34.9 Å². The molecule has 1 aliphatic heterocycles. The highest BCUT2D eigenvalue weighted by molar-refractivity contribution is 6.42.